The monoisotopic (exact) mass is 432 g/mol. The molecule has 0 amide bonds. The van der Waals surface area contributed by atoms with Crippen LogP contribution in [-0.4, -0.2) is 18.9 Å². The smallest absolute Gasteiger partial charge is 0.275 e. The summed E-state index contributed by atoms with van der Waals surface area (Å²) < 4.78 is 1.75. The first-order chi connectivity index (χ1) is 10.1. The third kappa shape index (κ3) is 2.58. The number of hydrogen-bond acceptors (Lipinski definition) is 5. The summed E-state index contributed by atoms with van der Waals surface area (Å²) in [6.07, 6.45) is 3.37. The summed E-state index contributed by atoms with van der Waals surface area (Å²) in [6.45, 7) is 0. The molecule has 3 aromatic rings. The van der Waals surface area contributed by atoms with Crippen LogP contribution in [0, 0.1) is 10.1 Å². The minimum Gasteiger partial charge on any atom is -0.275 e. The number of benzene rings is 1. The van der Waals surface area contributed by atoms with Crippen LogP contribution in [0.4, 0.5) is 5.69 Å². The molecule has 2 aromatic heterocycles. The van der Waals surface area contributed by atoms with Crippen molar-refractivity contribution >= 4 is 58.5 Å². The Labute approximate surface area is 140 Å². The lowest BCUT2D eigenvalue weighted by Gasteiger charge is -1.99. The zero-order chi connectivity index (χ0) is 15.0. The van der Waals surface area contributed by atoms with E-state index in [1.54, 1.807) is 22.3 Å². The number of nitro groups is 1. The number of para-hydroxylation sites is 1. The third-order valence-electron chi connectivity index (χ3n) is 2.94. The van der Waals surface area contributed by atoms with Crippen molar-refractivity contribution in [2.75, 3.05) is 0 Å². The van der Waals surface area contributed by atoms with E-state index in [-0.39, 0.29) is 15.9 Å². The number of rotatable bonds is 3. The van der Waals surface area contributed by atoms with E-state index in [4.69, 9.17) is 11.6 Å². The van der Waals surface area contributed by atoms with Crippen LogP contribution < -0.4 is 0 Å². The van der Waals surface area contributed by atoms with Crippen LogP contribution in [0.1, 0.15) is 0 Å². The van der Waals surface area contributed by atoms with Crippen molar-refractivity contribution in [2.24, 2.45) is 0 Å². The average Bonchev–Trinajstić information content (AvgIpc) is 2.85. The molecule has 0 bridgehead atoms. The molecule has 6 nitrogen and oxygen atoms in total. The van der Waals surface area contributed by atoms with Crippen molar-refractivity contribution in [2.45, 2.75) is 0 Å². The molecule has 9 heteroatoms. The van der Waals surface area contributed by atoms with Crippen LogP contribution in [0.3, 0.4) is 0 Å². The Bertz CT molecular complexity index is 854. The van der Waals surface area contributed by atoms with Crippen molar-refractivity contribution in [1.29, 1.82) is 0 Å². The third-order valence-corrected chi connectivity index (χ3v) is 4.84. The molecule has 3 rings (SSSR count). The Morgan fingerprint density at radius 3 is 2.86 bits per heavy atom. The first-order valence-electron chi connectivity index (χ1n) is 5.68. The zero-order valence-electron chi connectivity index (χ0n) is 10.2. The molecule has 0 aliphatic rings. The summed E-state index contributed by atoms with van der Waals surface area (Å²) in [5.41, 5.74) is 2.02. The van der Waals surface area contributed by atoms with Crippen LogP contribution >= 0.6 is 41.9 Å². The Hall–Kier alpha value is -1.39. The molecular weight excluding hydrogens is 427 g/mol. The van der Waals surface area contributed by atoms with Crippen molar-refractivity contribution in [3.05, 3.63) is 52.1 Å². The van der Waals surface area contributed by atoms with Gasteiger partial charge in [-0.3, -0.25) is 14.1 Å². The number of hydrogen-bond donors (Lipinski definition) is 0. The SMILES string of the molecule is O=[N+]([O-])c1cccc2c(-c3ccnc(Cl)n3)cn(SI)c12. The fourth-order valence-corrected chi connectivity index (χ4v) is 3.61. The molecule has 0 aliphatic carbocycles. The van der Waals surface area contributed by atoms with Crippen LogP contribution in [0.5, 0.6) is 0 Å². The summed E-state index contributed by atoms with van der Waals surface area (Å²) >= 11 is 7.90. The molecule has 0 aliphatic heterocycles. The lowest BCUT2D eigenvalue weighted by molar-refractivity contribution is -0.383. The van der Waals surface area contributed by atoms with Crippen molar-refractivity contribution < 1.29 is 4.92 Å². The molecular formula is C12H6ClIN4O2S. The number of aromatic nitrogens is 3. The van der Waals surface area contributed by atoms with E-state index in [1.165, 1.54) is 15.2 Å². The van der Waals surface area contributed by atoms with Crippen LogP contribution in [0.25, 0.3) is 22.2 Å². The first-order valence-corrected chi connectivity index (χ1v) is 9.37. The second kappa shape index (κ2) is 5.78. The standard InChI is InChI=1S/C12H6ClIN4O2S/c13-12-15-5-4-9(16-12)8-6-17(21-14)11-7(8)2-1-3-10(11)18(19)20/h1-6H. The predicted molar refractivity (Wildman–Crippen MR) is 91.6 cm³/mol. The van der Waals surface area contributed by atoms with Gasteiger partial charge in [-0.2, -0.15) is 0 Å². The van der Waals surface area contributed by atoms with Gasteiger partial charge in [0.2, 0.25) is 5.28 Å². The maximum Gasteiger partial charge on any atom is 0.294 e. The second-order valence-corrected chi connectivity index (χ2v) is 6.13. The van der Waals surface area contributed by atoms with Gasteiger partial charge >= 0.3 is 0 Å². The van der Waals surface area contributed by atoms with Crippen LogP contribution in [-0.2, 0) is 0 Å². The highest BCUT2D eigenvalue weighted by Crippen LogP contribution is 2.38. The lowest BCUT2D eigenvalue weighted by Crippen LogP contribution is -1.91. The van der Waals surface area contributed by atoms with E-state index in [0.29, 0.717) is 11.2 Å². The summed E-state index contributed by atoms with van der Waals surface area (Å²) in [4.78, 5) is 18.9. The summed E-state index contributed by atoms with van der Waals surface area (Å²) in [7, 11) is 1.36. The summed E-state index contributed by atoms with van der Waals surface area (Å²) in [5.74, 6) is 0. The van der Waals surface area contributed by atoms with Gasteiger partial charge in [0.15, 0.2) is 0 Å². The minimum absolute atomic E-state index is 0.0584. The molecule has 0 saturated heterocycles. The zero-order valence-corrected chi connectivity index (χ0v) is 14.0. The molecule has 0 radical (unpaired) electrons. The number of non-ortho nitro benzene ring substituents is 1. The normalized spacial score (nSPS) is 11.0. The van der Waals surface area contributed by atoms with E-state index in [9.17, 15) is 10.1 Å². The fourth-order valence-electron chi connectivity index (χ4n) is 2.12. The van der Waals surface area contributed by atoms with Crippen molar-refractivity contribution in [3.63, 3.8) is 0 Å². The minimum atomic E-state index is -0.386. The van der Waals surface area contributed by atoms with E-state index in [2.05, 4.69) is 31.2 Å². The average molecular weight is 433 g/mol. The Kier molecular flexibility index (Phi) is 4.00. The molecule has 0 saturated carbocycles. The topological polar surface area (TPSA) is 73.8 Å². The van der Waals surface area contributed by atoms with Gasteiger partial charge < -0.3 is 0 Å². The quantitative estimate of drug-likeness (QED) is 0.264. The molecule has 2 heterocycles. The molecule has 1 aromatic carbocycles. The van der Waals surface area contributed by atoms with E-state index >= 15 is 0 Å². The van der Waals surface area contributed by atoms with Gasteiger partial charge in [0.25, 0.3) is 5.69 Å². The molecule has 0 fully saturated rings. The van der Waals surface area contributed by atoms with Gasteiger partial charge in [-0.15, -0.1) is 0 Å². The number of fused-ring (bicyclic) bond motifs is 1. The van der Waals surface area contributed by atoms with E-state index < -0.39 is 0 Å². The van der Waals surface area contributed by atoms with Crippen LogP contribution in [0.15, 0.2) is 36.7 Å². The van der Waals surface area contributed by atoms with Gasteiger partial charge in [0.1, 0.15) is 5.52 Å². The number of halogens is 2. The van der Waals surface area contributed by atoms with E-state index in [0.717, 1.165) is 10.9 Å². The van der Waals surface area contributed by atoms with Gasteiger partial charge in [-0.25, -0.2) is 9.97 Å². The Balaban J connectivity index is 2.35. The van der Waals surface area contributed by atoms with Gasteiger partial charge in [-0.05, 0) is 17.7 Å². The predicted octanol–water partition coefficient (Wildman–Crippen LogP) is 4.51. The maximum absolute atomic E-state index is 11.2. The summed E-state index contributed by atoms with van der Waals surface area (Å²) in [5, 5.41) is 12.1. The van der Waals surface area contributed by atoms with Gasteiger partial charge in [0.05, 0.1) is 10.6 Å². The van der Waals surface area contributed by atoms with Gasteiger partial charge in [0, 0.05) is 59.7 Å². The fraction of sp³-hybridized carbons (Fsp3) is 0. The lowest BCUT2D eigenvalue weighted by atomic mass is 10.1. The van der Waals surface area contributed by atoms with Gasteiger partial charge in [-0.1, -0.05) is 12.1 Å². The number of nitrogens with zero attached hydrogens (tertiary/aromatic N) is 4. The number of nitro benzene ring substituents is 1. The first kappa shape index (κ1) is 14.5. The molecule has 0 unspecified atom stereocenters. The Morgan fingerprint density at radius 1 is 1.38 bits per heavy atom. The van der Waals surface area contributed by atoms with Crippen molar-refractivity contribution in [1.82, 2.24) is 13.9 Å². The molecule has 0 N–H and O–H groups in total. The Morgan fingerprint density at radius 2 is 2.19 bits per heavy atom. The molecule has 21 heavy (non-hydrogen) atoms. The molecule has 0 spiro atoms. The van der Waals surface area contributed by atoms with Crippen molar-refractivity contribution in [3.8, 4) is 11.3 Å². The largest absolute Gasteiger partial charge is 0.294 e. The second-order valence-electron chi connectivity index (χ2n) is 4.08. The highest BCUT2D eigenvalue weighted by molar-refractivity contribution is 14.2. The molecule has 106 valence electrons. The highest BCUT2D eigenvalue weighted by atomic mass is 127. The highest BCUT2D eigenvalue weighted by Gasteiger charge is 2.20. The van der Waals surface area contributed by atoms with E-state index in [1.807, 2.05) is 12.3 Å². The maximum atomic E-state index is 11.2. The summed E-state index contributed by atoms with van der Waals surface area (Å²) in [6, 6.07) is 6.70. The molecule has 0 atom stereocenters. The van der Waals surface area contributed by atoms with Crippen LogP contribution in [0.2, 0.25) is 5.28 Å².